The highest BCUT2D eigenvalue weighted by Crippen LogP contribution is 2.19. The predicted molar refractivity (Wildman–Crippen MR) is 132 cm³/mol. The van der Waals surface area contributed by atoms with Crippen LogP contribution in [0.3, 0.4) is 0 Å². The summed E-state index contributed by atoms with van der Waals surface area (Å²) in [4.78, 5) is 27.3. The number of hydrogen-bond donors (Lipinski definition) is 2. The van der Waals surface area contributed by atoms with Gasteiger partial charge >= 0.3 is 0 Å². The number of morpholine rings is 1. The average Bonchev–Trinajstić information content (AvgIpc) is 3.17. The second-order valence-corrected chi connectivity index (χ2v) is 9.14. The summed E-state index contributed by atoms with van der Waals surface area (Å²) in [7, 11) is 0. The molecule has 0 saturated carbocycles. The third kappa shape index (κ3) is 5.60. The molecule has 3 aromatic rings. The fourth-order valence-corrected chi connectivity index (χ4v) is 4.36. The Morgan fingerprint density at radius 2 is 1.85 bits per heavy atom. The van der Waals surface area contributed by atoms with Gasteiger partial charge < -0.3 is 15.0 Å². The van der Waals surface area contributed by atoms with Crippen molar-refractivity contribution in [3.8, 4) is 11.4 Å². The van der Waals surface area contributed by atoms with Gasteiger partial charge in [-0.1, -0.05) is 35.9 Å². The summed E-state index contributed by atoms with van der Waals surface area (Å²) < 4.78 is 7.79. The van der Waals surface area contributed by atoms with Crippen molar-refractivity contribution in [3.05, 3.63) is 70.0 Å². The van der Waals surface area contributed by atoms with E-state index in [2.05, 4.69) is 15.5 Å². The minimum Gasteiger partial charge on any atom is -0.372 e. The van der Waals surface area contributed by atoms with Crippen molar-refractivity contribution in [1.82, 2.24) is 25.0 Å². The van der Waals surface area contributed by atoms with Crippen LogP contribution in [-0.2, 0) is 22.6 Å². The molecule has 2 N–H and O–H groups in total. The maximum atomic E-state index is 12.8. The zero-order valence-corrected chi connectivity index (χ0v) is 20.4. The first-order valence-electron chi connectivity index (χ1n) is 11.3. The van der Waals surface area contributed by atoms with Gasteiger partial charge in [-0.25, -0.2) is 0 Å². The average molecular weight is 480 g/mol. The van der Waals surface area contributed by atoms with E-state index in [0.717, 1.165) is 16.7 Å². The van der Waals surface area contributed by atoms with Gasteiger partial charge in [-0.15, -0.1) is 0 Å². The van der Waals surface area contributed by atoms with Gasteiger partial charge in [-0.3, -0.25) is 19.3 Å². The fourth-order valence-electron chi connectivity index (χ4n) is 4.16. The van der Waals surface area contributed by atoms with Crippen LogP contribution in [0.15, 0.2) is 48.5 Å². The zero-order valence-electron chi connectivity index (χ0n) is 19.6. The summed E-state index contributed by atoms with van der Waals surface area (Å²) in [5.41, 5.74) is 3.53. The molecule has 0 radical (unpaired) electrons. The SMILES string of the molecule is Cc1cccc(-c2n[nH]c(=S)n2CC(=O)NCc2ccc(C(=O)N3CC(C)OC(C)C3)cc2)c1. The molecule has 1 aliphatic heterocycles. The molecule has 9 heteroatoms. The predicted octanol–water partition coefficient (Wildman–Crippen LogP) is 3.48. The van der Waals surface area contributed by atoms with Crippen LogP contribution in [0.1, 0.15) is 35.3 Å². The first kappa shape index (κ1) is 23.8. The first-order valence-corrected chi connectivity index (χ1v) is 11.7. The van der Waals surface area contributed by atoms with E-state index in [1.807, 2.05) is 62.1 Å². The van der Waals surface area contributed by atoms with Crippen LogP contribution in [0.25, 0.3) is 11.4 Å². The Hall–Kier alpha value is -3.30. The molecule has 1 fully saturated rings. The van der Waals surface area contributed by atoms with E-state index in [1.54, 1.807) is 16.7 Å². The van der Waals surface area contributed by atoms with Gasteiger partial charge in [0.05, 0.1) is 12.2 Å². The van der Waals surface area contributed by atoms with Crippen molar-refractivity contribution in [2.45, 2.75) is 46.1 Å². The van der Waals surface area contributed by atoms with Gasteiger partial charge in [-0.2, -0.15) is 5.10 Å². The van der Waals surface area contributed by atoms with Crippen molar-refractivity contribution in [2.75, 3.05) is 13.1 Å². The number of benzene rings is 2. The van der Waals surface area contributed by atoms with Crippen LogP contribution < -0.4 is 5.32 Å². The molecule has 0 aliphatic carbocycles. The van der Waals surface area contributed by atoms with E-state index >= 15 is 0 Å². The van der Waals surface area contributed by atoms with E-state index in [1.165, 1.54) is 0 Å². The summed E-state index contributed by atoms with van der Waals surface area (Å²) in [5, 5.41) is 9.99. The smallest absolute Gasteiger partial charge is 0.254 e. The van der Waals surface area contributed by atoms with Crippen LogP contribution in [0.5, 0.6) is 0 Å². The highest BCUT2D eigenvalue weighted by molar-refractivity contribution is 7.71. The number of aromatic amines is 1. The minimum atomic E-state index is -0.178. The fraction of sp³-hybridized carbons (Fsp3) is 0.360. The molecule has 1 aromatic heterocycles. The molecule has 2 unspecified atom stereocenters. The van der Waals surface area contributed by atoms with Crippen molar-refractivity contribution >= 4 is 24.0 Å². The number of H-pyrrole nitrogens is 1. The Balaban J connectivity index is 1.36. The lowest BCUT2D eigenvalue weighted by molar-refractivity contribution is -0.121. The molecule has 2 atom stereocenters. The minimum absolute atomic E-state index is 0.00408. The summed E-state index contributed by atoms with van der Waals surface area (Å²) >= 11 is 5.33. The lowest BCUT2D eigenvalue weighted by Gasteiger charge is -2.35. The highest BCUT2D eigenvalue weighted by atomic mass is 32.1. The lowest BCUT2D eigenvalue weighted by atomic mass is 10.1. The number of hydrogen-bond acceptors (Lipinski definition) is 5. The largest absolute Gasteiger partial charge is 0.372 e. The van der Waals surface area contributed by atoms with Gasteiger partial charge in [0.1, 0.15) is 6.54 Å². The van der Waals surface area contributed by atoms with E-state index in [4.69, 9.17) is 17.0 Å². The molecule has 4 rings (SSSR count). The maximum Gasteiger partial charge on any atom is 0.254 e. The number of rotatable bonds is 6. The number of aryl methyl sites for hydroxylation is 1. The number of carbonyl (C=O) groups excluding carboxylic acids is 2. The quantitative estimate of drug-likeness (QED) is 0.528. The molecule has 1 saturated heterocycles. The number of ether oxygens (including phenoxy) is 1. The highest BCUT2D eigenvalue weighted by Gasteiger charge is 2.26. The standard InChI is InChI=1S/C25H29N5O3S/c1-16-5-4-6-21(11-16)23-27-28-25(34)30(23)15-22(31)26-12-19-7-9-20(10-8-19)24(32)29-13-17(2)33-18(3)14-29/h4-11,17-18H,12-15H2,1-3H3,(H,26,31)(H,28,34). The third-order valence-corrected chi connectivity index (χ3v) is 6.05. The monoisotopic (exact) mass is 479 g/mol. The summed E-state index contributed by atoms with van der Waals surface area (Å²) in [6.45, 7) is 7.53. The van der Waals surface area contributed by atoms with E-state index < -0.39 is 0 Å². The van der Waals surface area contributed by atoms with Gasteiger partial charge in [0, 0.05) is 30.8 Å². The lowest BCUT2D eigenvalue weighted by Crippen LogP contribution is -2.48. The molecular formula is C25H29N5O3S. The number of amides is 2. The molecule has 34 heavy (non-hydrogen) atoms. The molecule has 2 heterocycles. The molecule has 0 spiro atoms. The molecule has 2 amide bonds. The van der Waals surface area contributed by atoms with E-state index in [-0.39, 0.29) is 30.6 Å². The molecule has 1 aliphatic rings. The molecule has 8 nitrogen and oxygen atoms in total. The number of carbonyl (C=O) groups is 2. The van der Waals surface area contributed by atoms with Crippen LogP contribution in [0.2, 0.25) is 0 Å². The van der Waals surface area contributed by atoms with Crippen molar-refractivity contribution in [1.29, 1.82) is 0 Å². The van der Waals surface area contributed by atoms with Gasteiger partial charge in [0.25, 0.3) is 5.91 Å². The molecule has 178 valence electrons. The summed E-state index contributed by atoms with van der Waals surface area (Å²) in [6.07, 6.45) is 0.0506. The van der Waals surface area contributed by atoms with Crippen molar-refractivity contribution in [2.24, 2.45) is 0 Å². The molecule has 2 aromatic carbocycles. The zero-order chi connectivity index (χ0) is 24.2. The van der Waals surface area contributed by atoms with Crippen LogP contribution in [-0.4, -0.2) is 56.8 Å². The Kier molecular flexibility index (Phi) is 7.23. The van der Waals surface area contributed by atoms with Gasteiger partial charge in [-0.05, 0) is 56.8 Å². The van der Waals surface area contributed by atoms with E-state index in [0.29, 0.717) is 35.8 Å². The number of nitrogens with zero attached hydrogens (tertiary/aromatic N) is 3. The Bertz CT molecular complexity index is 1220. The Labute approximate surface area is 203 Å². The third-order valence-electron chi connectivity index (χ3n) is 5.73. The van der Waals surface area contributed by atoms with Crippen molar-refractivity contribution in [3.63, 3.8) is 0 Å². The molecule has 0 bridgehead atoms. The second-order valence-electron chi connectivity index (χ2n) is 8.75. The maximum absolute atomic E-state index is 12.8. The topological polar surface area (TPSA) is 92.2 Å². The Morgan fingerprint density at radius 3 is 2.53 bits per heavy atom. The second kappa shape index (κ2) is 10.3. The van der Waals surface area contributed by atoms with E-state index in [9.17, 15) is 9.59 Å². The first-order chi connectivity index (χ1) is 16.3. The van der Waals surface area contributed by atoms with Gasteiger partial charge in [0.2, 0.25) is 5.91 Å². The molecular weight excluding hydrogens is 450 g/mol. The van der Waals surface area contributed by atoms with Gasteiger partial charge in [0.15, 0.2) is 10.6 Å². The van der Waals surface area contributed by atoms with Crippen molar-refractivity contribution < 1.29 is 14.3 Å². The Morgan fingerprint density at radius 1 is 1.15 bits per heavy atom. The number of nitrogens with one attached hydrogen (secondary N) is 2. The number of aromatic nitrogens is 3. The van der Waals surface area contributed by atoms with Crippen LogP contribution in [0.4, 0.5) is 0 Å². The normalized spacial score (nSPS) is 18.0. The van der Waals surface area contributed by atoms with Crippen LogP contribution in [0, 0.1) is 11.7 Å². The van der Waals surface area contributed by atoms with Crippen LogP contribution >= 0.6 is 12.2 Å². The summed E-state index contributed by atoms with van der Waals surface area (Å²) in [6, 6.07) is 15.2. The summed E-state index contributed by atoms with van der Waals surface area (Å²) in [5.74, 6) is 0.442.